The van der Waals surface area contributed by atoms with Crippen LogP contribution in [0.5, 0.6) is 0 Å². The third-order valence-corrected chi connectivity index (χ3v) is 8.24. The molecular weight excluding hydrogens is 622 g/mol. The number of carbonyl (C=O) groups excluding carboxylic acids is 5. The Kier molecular flexibility index (Phi) is 14.2. The van der Waals surface area contributed by atoms with E-state index in [2.05, 4.69) is 16.0 Å². The molecule has 0 heterocycles. The molecule has 0 saturated heterocycles. The number of hydrogen-bond donors (Lipinski definition) is 3. The fourth-order valence-electron chi connectivity index (χ4n) is 5.52. The van der Waals surface area contributed by atoms with E-state index in [0.717, 1.165) is 21.9 Å². The summed E-state index contributed by atoms with van der Waals surface area (Å²) in [4.78, 5) is 68.7. The molecule has 5 amide bonds. The van der Waals surface area contributed by atoms with E-state index in [0.29, 0.717) is 25.8 Å². The summed E-state index contributed by atoms with van der Waals surface area (Å²) >= 11 is 0. The lowest BCUT2D eigenvalue weighted by atomic mass is 9.98. The number of amides is 5. The molecule has 49 heavy (non-hydrogen) atoms. The number of hydrogen-bond acceptors (Lipinski definition) is 6. The second kappa shape index (κ2) is 18.0. The van der Waals surface area contributed by atoms with Crippen LogP contribution in [0.2, 0.25) is 0 Å². The Bertz CT molecular complexity index is 1590. The van der Waals surface area contributed by atoms with Crippen LogP contribution in [0.15, 0.2) is 72.8 Å². The Morgan fingerprint density at radius 2 is 1.39 bits per heavy atom. The maximum Gasteiger partial charge on any atom is 0.410 e. The van der Waals surface area contributed by atoms with Crippen LogP contribution in [0.4, 0.5) is 4.79 Å². The van der Waals surface area contributed by atoms with Gasteiger partial charge in [0.05, 0.1) is 0 Å². The summed E-state index contributed by atoms with van der Waals surface area (Å²) < 4.78 is 5.65. The Morgan fingerprint density at radius 3 is 2.02 bits per heavy atom. The van der Waals surface area contributed by atoms with E-state index in [1.165, 1.54) is 30.8 Å². The van der Waals surface area contributed by atoms with Crippen molar-refractivity contribution in [1.29, 1.82) is 0 Å². The maximum absolute atomic E-state index is 14.5. The van der Waals surface area contributed by atoms with Crippen LogP contribution in [0.1, 0.15) is 58.1 Å². The number of nitrogens with zero attached hydrogens (tertiary/aromatic N) is 2. The molecule has 11 heteroatoms. The third-order valence-electron chi connectivity index (χ3n) is 8.24. The van der Waals surface area contributed by atoms with Crippen molar-refractivity contribution in [3.8, 4) is 0 Å². The lowest BCUT2D eigenvalue weighted by Crippen LogP contribution is -2.58. The minimum Gasteiger partial charge on any atom is -0.444 e. The van der Waals surface area contributed by atoms with Gasteiger partial charge >= 0.3 is 6.09 Å². The van der Waals surface area contributed by atoms with Crippen molar-refractivity contribution in [2.24, 2.45) is 0 Å². The minimum atomic E-state index is -1.01. The van der Waals surface area contributed by atoms with Gasteiger partial charge in [-0.15, -0.1) is 0 Å². The van der Waals surface area contributed by atoms with Crippen molar-refractivity contribution in [3.63, 3.8) is 0 Å². The Hall–Kier alpha value is -4.93. The molecule has 11 nitrogen and oxygen atoms in total. The highest BCUT2D eigenvalue weighted by Gasteiger charge is 2.37. The van der Waals surface area contributed by atoms with Crippen LogP contribution in [0, 0.1) is 0 Å². The van der Waals surface area contributed by atoms with Crippen LogP contribution in [0.3, 0.4) is 0 Å². The van der Waals surface area contributed by atoms with E-state index in [9.17, 15) is 24.0 Å². The summed E-state index contributed by atoms with van der Waals surface area (Å²) in [6, 6.07) is 20.2. The standard InChI is InChI=1S/C38H51N5O6/c1-26(44)40-22-14-13-19-31(34(45)39-5)41-35(46)32(24-27-15-9-8-10-16-27)42(6)36(47)33(43(7)37(48)49-38(2,3)4)25-28-20-21-29-17-11-12-18-30(29)23-28/h8-12,15-18,20-21,23,31-33H,13-14,19,22,24-25H2,1-7H3,(H,39,45)(H,40,44)(H,41,46)/t31-,32?,33?/m0/s1. The van der Waals surface area contributed by atoms with Gasteiger partial charge in [-0.25, -0.2) is 4.79 Å². The van der Waals surface area contributed by atoms with E-state index >= 15 is 0 Å². The van der Waals surface area contributed by atoms with E-state index < -0.39 is 41.6 Å². The highest BCUT2D eigenvalue weighted by molar-refractivity contribution is 5.94. The second-order valence-electron chi connectivity index (χ2n) is 13.3. The summed E-state index contributed by atoms with van der Waals surface area (Å²) in [6.45, 7) is 7.17. The summed E-state index contributed by atoms with van der Waals surface area (Å²) in [5.41, 5.74) is 0.866. The van der Waals surface area contributed by atoms with Crippen molar-refractivity contribution < 1.29 is 28.7 Å². The highest BCUT2D eigenvalue weighted by atomic mass is 16.6. The summed E-state index contributed by atoms with van der Waals surface area (Å²) in [5.74, 6) is -1.45. The van der Waals surface area contributed by atoms with Gasteiger partial charge in [-0.2, -0.15) is 0 Å². The van der Waals surface area contributed by atoms with Crippen molar-refractivity contribution in [3.05, 3.63) is 83.9 Å². The molecule has 0 spiro atoms. The van der Waals surface area contributed by atoms with Gasteiger partial charge in [0, 0.05) is 47.5 Å². The van der Waals surface area contributed by atoms with Crippen LogP contribution >= 0.6 is 0 Å². The molecule has 3 aromatic carbocycles. The average Bonchev–Trinajstić information content (AvgIpc) is 3.07. The van der Waals surface area contributed by atoms with Gasteiger partial charge in [0.15, 0.2) is 0 Å². The average molecular weight is 674 g/mol. The quantitative estimate of drug-likeness (QED) is 0.207. The van der Waals surface area contributed by atoms with Crippen molar-refractivity contribution in [2.75, 3.05) is 27.7 Å². The van der Waals surface area contributed by atoms with E-state index in [-0.39, 0.29) is 24.7 Å². The molecule has 0 fully saturated rings. The predicted octanol–water partition coefficient (Wildman–Crippen LogP) is 4.22. The molecule has 3 aromatic rings. The first-order chi connectivity index (χ1) is 23.2. The fraction of sp³-hybridized carbons (Fsp3) is 0.447. The molecule has 0 aliphatic rings. The van der Waals surface area contributed by atoms with Crippen LogP contribution in [-0.2, 0) is 36.8 Å². The molecule has 0 saturated carbocycles. The number of rotatable bonds is 15. The first kappa shape index (κ1) is 38.5. The molecule has 0 aliphatic carbocycles. The molecular formula is C38H51N5O6. The number of likely N-dealkylation sites (N-methyl/N-ethyl adjacent to an activating group) is 3. The van der Waals surface area contributed by atoms with Crippen molar-refractivity contribution >= 4 is 40.5 Å². The smallest absolute Gasteiger partial charge is 0.410 e. The number of ether oxygens (including phenoxy) is 1. The van der Waals surface area contributed by atoms with E-state index in [1.807, 2.05) is 72.8 Å². The van der Waals surface area contributed by atoms with Gasteiger partial charge in [0.2, 0.25) is 23.6 Å². The summed E-state index contributed by atoms with van der Waals surface area (Å²) in [5, 5.41) is 10.3. The predicted molar refractivity (Wildman–Crippen MR) is 191 cm³/mol. The lowest BCUT2D eigenvalue weighted by Gasteiger charge is -2.35. The zero-order chi connectivity index (χ0) is 36.1. The maximum atomic E-state index is 14.5. The van der Waals surface area contributed by atoms with E-state index in [1.54, 1.807) is 27.8 Å². The molecule has 0 aliphatic heterocycles. The normalized spacial score (nSPS) is 13.0. The molecule has 0 radical (unpaired) electrons. The number of carbonyl (C=O) groups is 5. The van der Waals surface area contributed by atoms with Gasteiger partial charge in [-0.05, 0) is 61.9 Å². The zero-order valence-corrected chi connectivity index (χ0v) is 29.7. The van der Waals surface area contributed by atoms with Crippen molar-refractivity contribution in [1.82, 2.24) is 25.8 Å². The molecule has 3 N–H and O–H groups in total. The van der Waals surface area contributed by atoms with E-state index in [4.69, 9.17) is 4.74 Å². The van der Waals surface area contributed by atoms with Crippen LogP contribution in [0.25, 0.3) is 10.8 Å². The summed E-state index contributed by atoms with van der Waals surface area (Å²) in [6.07, 6.45) is 1.23. The Morgan fingerprint density at radius 1 is 0.755 bits per heavy atom. The second-order valence-corrected chi connectivity index (χ2v) is 13.3. The number of unbranched alkanes of at least 4 members (excludes halogenated alkanes) is 1. The Labute approximate surface area is 289 Å². The highest BCUT2D eigenvalue weighted by Crippen LogP contribution is 2.21. The molecule has 0 aromatic heterocycles. The monoisotopic (exact) mass is 673 g/mol. The third kappa shape index (κ3) is 11.9. The minimum absolute atomic E-state index is 0.135. The zero-order valence-electron chi connectivity index (χ0n) is 29.7. The molecule has 2 unspecified atom stereocenters. The first-order valence-corrected chi connectivity index (χ1v) is 16.7. The fourth-order valence-corrected chi connectivity index (χ4v) is 5.52. The SMILES string of the molecule is CNC(=O)[C@H](CCCCNC(C)=O)NC(=O)C(Cc1ccccc1)N(C)C(=O)C(Cc1ccc2ccccc2c1)N(C)C(=O)OC(C)(C)C. The van der Waals surface area contributed by atoms with Gasteiger partial charge in [0.25, 0.3) is 0 Å². The largest absolute Gasteiger partial charge is 0.444 e. The topological polar surface area (TPSA) is 137 Å². The van der Waals surface area contributed by atoms with Gasteiger partial charge < -0.3 is 25.6 Å². The number of nitrogens with one attached hydrogen (secondary N) is 3. The number of fused-ring (bicyclic) bond motifs is 1. The van der Waals surface area contributed by atoms with Gasteiger partial charge in [-0.3, -0.25) is 24.1 Å². The van der Waals surface area contributed by atoms with Crippen LogP contribution in [-0.4, -0.2) is 90.9 Å². The Balaban J connectivity index is 1.94. The van der Waals surface area contributed by atoms with Crippen LogP contribution < -0.4 is 16.0 Å². The lowest BCUT2D eigenvalue weighted by molar-refractivity contribution is -0.143. The van der Waals surface area contributed by atoms with Crippen molar-refractivity contribution in [2.45, 2.75) is 83.5 Å². The molecule has 0 bridgehead atoms. The molecule has 3 atom stereocenters. The molecule has 264 valence electrons. The van der Waals surface area contributed by atoms with Gasteiger partial charge in [0.1, 0.15) is 23.7 Å². The number of benzene rings is 3. The summed E-state index contributed by atoms with van der Waals surface area (Å²) in [7, 11) is 4.58. The first-order valence-electron chi connectivity index (χ1n) is 16.7. The van der Waals surface area contributed by atoms with Gasteiger partial charge in [-0.1, -0.05) is 72.8 Å². The molecule has 3 rings (SSSR count).